The summed E-state index contributed by atoms with van der Waals surface area (Å²) < 4.78 is 0. The zero-order valence-corrected chi connectivity index (χ0v) is 20.2. The first-order chi connectivity index (χ1) is 16.0. The van der Waals surface area contributed by atoms with Gasteiger partial charge in [-0.1, -0.05) is 37.3 Å². The lowest BCUT2D eigenvalue weighted by Gasteiger charge is -2.35. The van der Waals surface area contributed by atoms with E-state index in [9.17, 15) is 9.59 Å². The molecule has 2 atom stereocenters. The molecular formula is C26H32N4O2S. The normalized spacial score (nSPS) is 20.5. The molecule has 174 valence electrons. The van der Waals surface area contributed by atoms with Crippen LogP contribution < -0.4 is 10.9 Å². The van der Waals surface area contributed by atoms with Crippen molar-refractivity contribution in [3.05, 3.63) is 62.5 Å². The molecular weight excluding hydrogens is 432 g/mol. The van der Waals surface area contributed by atoms with E-state index in [1.165, 1.54) is 10.4 Å². The summed E-state index contributed by atoms with van der Waals surface area (Å²) in [6, 6.07) is 10.0. The second kappa shape index (κ2) is 9.39. The van der Waals surface area contributed by atoms with Gasteiger partial charge in [0.1, 0.15) is 10.7 Å². The molecule has 0 bridgehead atoms. The maximum absolute atomic E-state index is 13.0. The number of hydrogen-bond acceptors (Lipinski definition) is 5. The van der Waals surface area contributed by atoms with Crippen LogP contribution in [-0.4, -0.2) is 33.9 Å². The molecule has 5 rings (SSSR count). The SMILES string of the molecule is CC1CCc2c(sc3nc(C(C)N4CCC(C(=O)NCc5ccccc5)CC4)[nH]c(=O)c23)C1. The number of thiophene rings is 1. The van der Waals surface area contributed by atoms with Crippen LogP contribution in [0.5, 0.6) is 0 Å². The molecule has 1 aliphatic heterocycles. The number of piperidine rings is 1. The second-order valence-corrected chi connectivity index (χ2v) is 10.8. The molecule has 2 aromatic heterocycles. The highest BCUT2D eigenvalue weighted by Gasteiger charge is 2.29. The fourth-order valence-corrected chi connectivity index (χ4v) is 6.61. The van der Waals surface area contributed by atoms with Gasteiger partial charge in [0.2, 0.25) is 5.91 Å². The molecule has 1 fully saturated rings. The van der Waals surface area contributed by atoms with Gasteiger partial charge < -0.3 is 10.3 Å². The van der Waals surface area contributed by atoms with Crippen molar-refractivity contribution >= 4 is 27.5 Å². The van der Waals surface area contributed by atoms with E-state index < -0.39 is 0 Å². The molecule has 0 spiro atoms. The summed E-state index contributed by atoms with van der Waals surface area (Å²) in [6.07, 6.45) is 4.83. The van der Waals surface area contributed by atoms with Gasteiger partial charge in [-0.2, -0.15) is 0 Å². The highest BCUT2D eigenvalue weighted by Crippen LogP contribution is 2.36. The van der Waals surface area contributed by atoms with Gasteiger partial charge in [-0.05, 0) is 69.2 Å². The number of H-pyrrole nitrogens is 1. The van der Waals surface area contributed by atoms with Crippen LogP contribution in [-0.2, 0) is 24.2 Å². The summed E-state index contributed by atoms with van der Waals surface area (Å²) >= 11 is 1.70. The Bertz CT molecular complexity index is 1190. The van der Waals surface area contributed by atoms with Crippen molar-refractivity contribution < 1.29 is 4.79 Å². The lowest BCUT2D eigenvalue weighted by Crippen LogP contribution is -2.41. The zero-order chi connectivity index (χ0) is 22.9. The predicted molar refractivity (Wildman–Crippen MR) is 132 cm³/mol. The number of nitrogens with zero attached hydrogens (tertiary/aromatic N) is 2. The van der Waals surface area contributed by atoms with Gasteiger partial charge >= 0.3 is 0 Å². The lowest BCUT2D eigenvalue weighted by atomic mass is 9.89. The Labute approximate surface area is 198 Å². The number of aromatic nitrogens is 2. The number of aromatic amines is 1. The number of carbonyl (C=O) groups is 1. The molecule has 1 saturated heterocycles. The van der Waals surface area contributed by atoms with Crippen molar-refractivity contribution in [1.29, 1.82) is 0 Å². The smallest absolute Gasteiger partial charge is 0.259 e. The van der Waals surface area contributed by atoms with Gasteiger partial charge in [-0.25, -0.2) is 4.98 Å². The van der Waals surface area contributed by atoms with Gasteiger partial charge in [0.05, 0.1) is 11.4 Å². The van der Waals surface area contributed by atoms with Crippen molar-refractivity contribution in [2.75, 3.05) is 13.1 Å². The zero-order valence-electron chi connectivity index (χ0n) is 19.4. The van der Waals surface area contributed by atoms with Crippen molar-refractivity contribution in [3.63, 3.8) is 0 Å². The van der Waals surface area contributed by atoms with Gasteiger partial charge in [-0.15, -0.1) is 11.3 Å². The van der Waals surface area contributed by atoms with Crippen LogP contribution in [0.2, 0.25) is 0 Å². The van der Waals surface area contributed by atoms with Gasteiger partial charge in [0, 0.05) is 17.3 Å². The summed E-state index contributed by atoms with van der Waals surface area (Å²) in [7, 11) is 0. The summed E-state index contributed by atoms with van der Waals surface area (Å²) in [5.74, 6) is 1.59. The fraction of sp³-hybridized carbons (Fsp3) is 0.500. The number of aryl methyl sites for hydroxylation is 1. The van der Waals surface area contributed by atoms with Crippen LogP contribution in [0.3, 0.4) is 0 Å². The van der Waals surface area contributed by atoms with Gasteiger partial charge in [-0.3, -0.25) is 14.5 Å². The molecule has 7 heteroatoms. The number of hydrogen-bond donors (Lipinski definition) is 2. The first-order valence-corrected chi connectivity index (χ1v) is 12.9. The molecule has 6 nitrogen and oxygen atoms in total. The van der Waals surface area contributed by atoms with Crippen LogP contribution >= 0.6 is 11.3 Å². The van der Waals surface area contributed by atoms with Crippen LogP contribution in [0, 0.1) is 11.8 Å². The van der Waals surface area contributed by atoms with E-state index in [2.05, 4.69) is 29.0 Å². The Balaban J connectivity index is 1.23. The average molecular weight is 465 g/mol. The van der Waals surface area contributed by atoms with Crippen LogP contribution in [0.15, 0.2) is 35.1 Å². The highest BCUT2D eigenvalue weighted by atomic mass is 32.1. The summed E-state index contributed by atoms with van der Waals surface area (Å²) in [5.41, 5.74) is 2.35. The van der Waals surface area contributed by atoms with Gasteiger partial charge in [0.25, 0.3) is 5.56 Å². The van der Waals surface area contributed by atoms with E-state index in [-0.39, 0.29) is 23.4 Å². The minimum Gasteiger partial charge on any atom is -0.352 e. The Morgan fingerprint density at radius 3 is 2.76 bits per heavy atom. The first kappa shape index (κ1) is 22.3. The number of carbonyl (C=O) groups excluding carboxylic acids is 1. The highest BCUT2D eigenvalue weighted by molar-refractivity contribution is 7.18. The largest absolute Gasteiger partial charge is 0.352 e. The summed E-state index contributed by atoms with van der Waals surface area (Å²) in [4.78, 5) is 38.2. The van der Waals surface area contributed by atoms with Crippen molar-refractivity contribution in [2.45, 2.75) is 58.5 Å². The van der Waals surface area contributed by atoms with Crippen LogP contribution in [0.4, 0.5) is 0 Å². The minimum atomic E-state index is 0.00378. The molecule has 1 amide bonds. The molecule has 3 aromatic rings. The quantitative estimate of drug-likeness (QED) is 0.593. The summed E-state index contributed by atoms with van der Waals surface area (Å²) in [6.45, 7) is 6.61. The molecule has 33 heavy (non-hydrogen) atoms. The third-order valence-corrected chi connectivity index (χ3v) is 8.49. The standard InChI is InChI=1S/C26H32N4O2S/c1-16-8-9-20-21(14-16)33-26-22(20)25(32)28-23(29-26)17(2)30-12-10-19(11-13-30)24(31)27-15-18-6-4-3-5-7-18/h3-7,16-17,19H,8-15H2,1-2H3,(H,27,31)(H,28,29,32). The van der Waals surface area contributed by atoms with Crippen LogP contribution in [0.25, 0.3) is 10.2 Å². The summed E-state index contributed by atoms with van der Waals surface area (Å²) in [5, 5.41) is 3.89. The monoisotopic (exact) mass is 464 g/mol. The van der Waals surface area contributed by atoms with E-state index in [1.807, 2.05) is 30.3 Å². The first-order valence-electron chi connectivity index (χ1n) is 12.1. The maximum Gasteiger partial charge on any atom is 0.259 e. The molecule has 2 aliphatic rings. The molecule has 0 saturated carbocycles. The number of nitrogens with one attached hydrogen (secondary N) is 2. The average Bonchev–Trinajstić information content (AvgIpc) is 3.20. The Hall–Kier alpha value is -2.51. The lowest BCUT2D eigenvalue weighted by molar-refractivity contribution is -0.126. The number of amides is 1. The number of fused-ring (bicyclic) bond motifs is 3. The predicted octanol–water partition coefficient (Wildman–Crippen LogP) is 4.20. The number of rotatable bonds is 5. The van der Waals surface area contributed by atoms with Crippen molar-refractivity contribution in [1.82, 2.24) is 20.2 Å². The third-order valence-electron chi connectivity index (χ3n) is 7.34. The fourth-order valence-electron chi connectivity index (χ4n) is 5.21. The van der Waals surface area contributed by atoms with E-state index in [1.54, 1.807) is 11.3 Å². The minimum absolute atomic E-state index is 0.00378. The molecule has 1 aromatic carbocycles. The Kier molecular flexibility index (Phi) is 6.34. The van der Waals surface area contributed by atoms with E-state index in [0.717, 1.165) is 66.8 Å². The Morgan fingerprint density at radius 1 is 1.24 bits per heavy atom. The Morgan fingerprint density at radius 2 is 2.00 bits per heavy atom. The molecule has 1 aliphatic carbocycles. The van der Waals surface area contributed by atoms with E-state index in [4.69, 9.17) is 4.98 Å². The van der Waals surface area contributed by atoms with Crippen LogP contribution in [0.1, 0.15) is 61.0 Å². The number of benzene rings is 1. The third kappa shape index (κ3) is 4.62. The topological polar surface area (TPSA) is 78.1 Å². The second-order valence-electron chi connectivity index (χ2n) is 9.67. The van der Waals surface area contributed by atoms with Gasteiger partial charge in [0.15, 0.2) is 0 Å². The number of likely N-dealkylation sites (tertiary alicyclic amines) is 1. The van der Waals surface area contributed by atoms with E-state index >= 15 is 0 Å². The molecule has 0 radical (unpaired) electrons. The molecule has 2 unspecified atom stereocenters. The van der Waals surface area contributed by atoms with E-state index in [0.29, 0.717) is 12.5 Å². The molecule has 2 N–H and O–H groups in total. The maximum atomic E-state index is 13.0. The molecule has 3 heterocycles. The van der Waals surface area contributed by atoms with Crippen molar-refractivity contribution in [2.24, 2.45) is 11.8 Å². The van der Waals surface area contributed by atoms with Crippen molar-refractivity contribution in [3.8, 4) is 0 Å².